The average molecular weight is 495 g/mol. The molecule has 6 aromatic rings. The predicted molar refractivity (Wildman–Crippen MR) is 157 cm³/mol. The van der Waals surface area contributed by atoms with Crippen molar-refractivity contribution < 1.29 is 0 Å². The Labute approximate surface area is 221 Å². The van der Waals surface area contributed by atoms with Gasteiger partial charge in [0.15, 0.2) is 0 Å². The summed E-state index contributed by atoms with van der Waals surface area (Å²) in [6.45, 7) is 4.68. The van der Waals surface area contributed by atoms with Gasteiger partial charge in [-0.15, -0.1) is 11.3 Å². The number of para-hydroxylation sites is 2. The van der Waals surface area contributed by atoms with E-state index in [1.54, 1.807) is 11.3 Å². The molecule has 7 rings (SSSR count). The fourth-order valence-corrected chi connectivity index (χ4v) is 6.58. The number of anilines is 3. The molecule has 0 atom stereocenters. The van der Waals surface area contributed by atoms with Crippen LogP contribution in [0.15, 0.2) is 121 Å². The number of thiazole rings is 1. The maximum absolute atomic E-state index is 5.02. The van der Waals surface area contributed by atoms with Crippen LogP contribution in [-0.2, 0) is 5.41 Å². The van der Waals surface area contributed by atoms with Gasteiger partial charge in [-0.25, -0.2) is 4.98 Å². The first-order valence-electron chi connectivity index (χ1n) is 12.7. The van der Waals surface area contributed by atoms with Crippen LogP contribution in [0, 0.1) is 0 Å². The lowest BCUT2D eigenvalue weighted by Crippen LogP contribution is -2.16. The molecular weight excluding hydrogens is 468 g/mol. The van der Waals surface area contributed by atoms with Gasteiger partial charge >= 0.3 is 0 Å². The molecule has 0 radical (unpaired) electrons. The Kier molecular flexibility index (Phi) is 5.02. The topological polar surface area (TPSA) is 16.1 Å². The lowest BCUT2D eigenvalue weighted by atomic mass is 9.82. The van der Waals surface area contributed by atoms with E-state index in [0.717, 1.165) is 21.9 Å². The van der Waals surface area contributed by atoms with Crippen molar-refractivity contribution in [1.29, 1.82) is 0 Å². The largest absolute Gasteiger partial charge is 0.310 e. The van der Waals surface area contributed by atoms with Crippen LogP contribution in [0.5, 0.6) is 0 Å². The van der Waals surface area contributed by atoms with Gasteiger partial charge in [0.1, 0.15) is 5.01 Å². The van der Waals surface area contributed by atoms with E-state index in [1.165, 1.54) is 38.2 Å². The second-order valence-corrected chi connectivity index (χ2v) is 11.1. The summed E-state index contributed by atoms with van der Waals surface area (Å²) in [7, 11) is 0. The third-order valence-corrected chi connectivity index (χ3v) is 8.54. The van der Waals surface area contributed by atoms with E-state index in [1.807, 2.05) is 0 Å². The van der Waals surface area contributed by atoms with Gasteiger partial charge in [-0.1, -0.05) is 86.6 Å². The van der Waals surface area contributed by atoms with Crippen LogP contribution in [0.25, 0.3) is 31.9 Å². The summed E-state index contributed by atoms with van der Waals surface area (Å²) in [5.41, 5.74) is 11.0. The zero-order valence-electron chi connectivity index (χ0n) is 20.8. The van der Waals surface area contributed by atoms with Crippen molar-refractivity contribution in [2.24, 2.45) is 0 Å². The highest BCUT2D eigenvalue weighted by molar-refractivity contribution is 7.21. The molecule has 1 aliphatic rings. The van der Waals surface area contributed by atoms with Gasteiger partial charge in [0.25, 0.3) is 0 Å². The summed E-state index contributed by atoms with van der Waals surface area (Å²) >= 11 is 1.77. The van der Waals surface area contributed by atoms with Gasteiger partial charge in [-0.2, -0.15) is 0 Å². The van der Waals surface area contributed by atoms with Gasteiger partial charge in [0.2, 0.25) is 0 Å². The second kappa shape index (κ2) is 8.43. The Morgan fingerprint density at radius 3 is 1.84 bits per heavy atom. The summed E-state index contributed by atoms with van der Waals surface area (Å²) in [6, 6.07) is 43.3. The molecule has 0 unspecified atom stereocenters. The molecule has 1 aromatic heterocycles. The molecule has 0 amide bonds. The minimum atomic E-state index is -0.121. The number of benzene rings is 5. The van der Waals surface area contributed by atoms with Crippen molar-refractivity contribution >= 4 is 38.6 Å². The van der Waals surface area contributed by atoms with Crippen LogP contribution < -0.4 is 4.90 Å². The monoisotopic (exact) mass is 494 g/mol. The van der Waals surface area contributed by atoms with Crippen molar-refractivity contribution in [1.82, 2.24) is 4.98 Å². The highest BCUT2D eigenvalue weighted by atomic mass is 32.1. The normalized spacial score (nSPS) is 13.4. The lowest BCUT2D eigenvalue weighted by molar-refractivity contribution is 0.661. The third-order valence-electron chi connectivity index (χ3n) is 7.48. The van der Waals surface area contributed by atoms with Crippen molar-refractivity contribution in [3.8, 4) is 21.7 Å². The van der Waals surface area contributed by atoms with E-state index in [2.05, 4.69) is 140 Å². The van der Waals surface area contributed by atoms with E-state index in [9.17, 15) is 0 Å². The average Bonchev–Trinajstić information content (AvgIpc) is 3.46. The van der Waals surface area contributed by atoms with E-state index < -0.39 is 0 Å². The van der Waals surface area contributed by atoms with Crippen molar-refractivity contribution in [3.63, 3.8) is 0 Å². The maximum atomic E-state index is 5.02. The highest BCUT2D eigenvalue weighted by Crippen LogP contribution is 2.52. The van der Waals surface area contributed by atoms with Crippen LogP contribution in [-0.4, -0.2) is 4.98 Å². The molecule has 2 nitrogen and oxygen atoms in total. The summed E-state index contributed by atoms with van der Waals surface area (Å²) in [6.07, 6.45) is 0. The quantitative estimate of drug-likeness (QED) is 0.242. The van der Waals surface area contributed by atoms with Crippen molar-refractivity contribution in [3.05, 3.63) is 132 Å². The standard InChI is InChI=1S/C34H26N2S/c1-34(2)29-20-26(36(24-14-8-4-9-15-24)25-16-10-5-11-17-25)18-19-27(29)28-21-32-31(22-30(28)34)35-33(37-32)23-12-6-3-7-13-23/h3-22H,1-2H3. The van der Waals surface area contributed by atoms with E-state index in [4.69, 9.17) is 4.98 Å². The number of nitrogens with zero attached hydrogens (tertiary/aromatic N) is 2. The molecule has 0 fully saturated rings. The maximum Gasteiger partial charge on any atom is 0.124 e. The molecule has 5 aromatic carbocycles. The molecule has 178 valence electrons. The van der Waals surface area contributed by atoms with Crippen molar-refractivity contribution in [2.75, 3.05) is 4.90 Å². The highest BCUT2D eigenvalue weighted by Gasteiger charge is 2.36. The molecule has 0 spiro atoms. The van der Waals surface area contributed by atoms with Gasteiger partial charge in [-0.3, -0.25) is 0 Å². The molecule has 37 heavy (non-hydrogen) atoms. The molecule has 3 heteroatoms. The molecule has 0 N–H and O–H groups in total. The fraction of sp³-hybridized carbons (Fsp3) is 0.0882. The second-order valence-electron chi connectivity index (χ2n) is 10.1. The smallest absolute Gasteiger partial charge is 0.124 e. The van der Waals surface area contributed by atoms with Gasteiger partial charge < -0.3 is 4.90 Å². The minimum absolute atomic E-state index is 0.121. The molecule has 1 heterocycles. The number of hydrogen-bond acceptors (Lipinski definition) is 3. The summed E-state index contributed by atoms with van der Waals surface area (Å²) in [5, 5.41) is 1.08. The Bertz CT molecular complexity index is 1700. The van der Waals surface area contributed by atoms with Crippen LogP contribution in [0.2, 0.25) is 0 Å². The lowest BCUT2D eigenvalue weighted by Gasteiger charge is -2.28. The van der Waals surface area contributed by atoms with Crippen LogP contribution in [0.4, 0.5) is 17.1 Å². The number of fused-ring (bicyclic) bond motifs is 4. The third kappa shape index (κ3) is 3.58. The van der Waals surface area contributed by atoms with Crippen LogP contribution in [0.3, 0.4) is 0 Å². The van der Waals surface area contributed by atoms with Crippen LogP contribution in [0.1, 0.15) is 25.0 Å². The molecule has 0 aliphatic heterocycles. The summed E-state index contributed by atoms with van der Waals surface area (Å²) in [5.74, 6) is 0. The first-order chi connectivity index (χ1) is 18.1. The molecular formula is C34H26N2S. The van der Waals surface area contributed by atoms with E-state index in [0.29, 0.717) is 0 Å². The van der Waals surface area contributed by atoms with Crippen LogP contribution >= 0.6 is 11.3 Å². The van der Waals surface area contributed by atoms with Gasteiger partial charge in [0, 0.05) is 28.0 Å². The van der Waals surface area contributed by atoms with Gasteiger partial charge in [0.05, 0.1) is 10.2 Å². The molecule has 1 aliphatic carbocycles. The van der Waals surface area contributed by atoms with Crippen molar-refractivity contribution in [2.45, 2.75) is 19.3 Å². The summed E-state index contributed by atoms with van der Waals surface area (Å²) in [4.78, 5) is 7.36. The number of rotatable bonds is 4. The first-order valence-corrected chi connectivity index (χ1v) is 13.5. The Morgan fingerprint density at radius 2 is 1.19 bits per heavy atom. The Hall–Kier alpha value is -4.21. The molecule has 0 saturated heterocycles. The molecule has 0 bridgehead atoms. The Balaban J connectivity index is 1.37. The zero-order valence-corrected chi connectivity index (χ0v) is 21.7. The Morgan fingerprint density at radius 1 is 0.595 bits per heavy atom. The molecule has 0 saturated carbocycles. The zero-order chi connectivity index (χ0) is 25.0. The number of aromatic nitrogens is 1. The first kappa shape index (κ1) is 22.0. The van der Waals surface area contributed by atoms with Gasteiger partial charge in [-0.05, 0) is 70.8 Å². The van der Waals surface area contributed by atoms with E-state index >= 15 is 0 Å². The van der Waals surface area contributed by atoms with E-state index in [-0.39, 0.29) is 5.41 Å². The minimum Gasteiger partial charge on any atom is -0.310 e. The predicted octanol–water partition coefficient (Wildman–Crippen LogP) is 9.74. The fourth-order valence-electron chi connectivity index (χ4n) is 5.59. The number of hydrogen-bond donors (Lipinski definition) is 0. The summed E-state index contributed by atoms with van der Waals surface area (Å²) < 4.78 is 1.24. The SMILES string of the molecule is CC1(C)c2cc(N(c3ccccc3)c3ccccc3)ccc2-c2cc3sc(-c4ccccc4)nc3cc21.